The first-order valence-electron chi connectivity index (χ1n) is 7.44. The van der Waals surface area contributed by atoms with Crippen molar-refractivity contribution in [3.05, 3.63) is 29.8 Å². The van der Waals surface area contributed by atoms with E-state index in [-0.39, 0.29) is 0 Å². The summed E-state index contributed by atoms with van der Waals surface area (Å²) in [6, 6.07) is 9.09. The Bertz CT molecular complexity index is 362. The molecule has 0 bridgehead atoms. The molecule has 1 heterocycles. The van der Waals surface area contributed by atoms with Gasteiger partial charge in [-0.1, -0.05) is 57.2 Å². The lowest BCUT2D eigenvalue weighted by atomic mass is 9.94. The van der Waals surface area contributed by atoms with Crippen LogP contribution in [0.2, 0.25) is 0 Å². The third kappa shape index (κ3) is 3.26. The lowest BCUT2D eigenvalue weighted by molar-refractivity contribution is 0.472. The summed E-state index contributed by atoms with van der Waals surface area (Å²) in [5.41, 5.74) is 2.64. The molecule has 100 valence electrons. The maximum atomic E-state index is 6.26. The zero-order valence-electron chi connectivity index (χ0n) is 11.6. The Balaban J connectivity index is 1.82. The van der Waals surface area contributed by atoms with Gasteiger partial charge in [0.15, 0.2) is 0 Å². The fraction of sp³-hybridized carbons (Fsp3) is 0.625. The first-order chi connectivity index (χ1) is 8.83. The number of hydrogen-bond donors (Lipinski definition) is 1. The number of unbranched alkanes of at least 4 members (excludes halogenated alkanes) is 4. The van der Waals surface area contributed by atoms with Gasteiger partial charge in [-0.15, -0.1) is 0 Å². The highest BCUT2D eigenvalue weighted by Gasteiger charge is 2.22. The first-order valence-corrected chi connectivity index (χ1v) is 7.44. The standard InChI is InChI=1S/C16H26N2/c1-2-3-4-5-6-10-15-13-12-14-9-7-8-11-16(14)18(15)17/h7-9,11,15H,2-6,10,12-13,17H2,1H3/t15-/m0/s1. The zero-order chi connectivity index (χ0) is 12.8. The molecule has 2 heteroatoms. The predicted molar refractivity (Wildman–Crippen MR) is 78.6 cm³/mol. The second-order valence-electron chi connectivity index (χ2n) is 5.43. The topological polar surface area (TPSA) is 29.3 Å². The van der Waals surface area contributed by atoms with Gasteiger partial charge in [-0.05, 0) is 30.9 Å². The molecule has 0 saturated heterocycles. The molecule has 0 radical (unpaired) electrons. The highest BCUT2D eigenvalue weighted by molar-refractivity contribution is 5.55. The van der Waals surface area contributed by atoms with E-state index in [1.807, 2.05) is 5.01 Å². The molecule has 0 aromatic heterocycles. The fourth-order valence-electron chi connectivity index (χ4n) is 2.90. The van der Waals surface area contributed by atoms with Crippen molar-refractivity contribution in [2.24, 2.45) is 5.84 Å². The predicted octanol–water partition coefficient (Wildman–Crippen LogP) is 4.04. The molecule has 0 amide bonds. The lowest BCUT2D eigenvalue weighted by Gasteiger charge is -2.35. The monoisotopic (exact) mass is 246 g/mol. The number of para-hydroxylation sites is 1. The number of aryl methyl sites for hydroxylation is 1. The van der Waals surface area contributed by atoms with Gasteiger partial charge < -0.3 is 5.01 Å². The molecule has 0 unspecified atom stereocenters. The highest BCUT2D eigenvalue weighted by atomic mass is 15.4. The third-order valence-electron chi connectivity index (χ3n) is 4.05. The summed E-state index contributed by atoms with van der Waals surface area (Å²) in [5, 5.41) is 2.01. The van der Waals surface area contributed by atoms with Crippen LogP contribution >= 0.6 is 0 Å². The summed E-state index contributed by atoms with van der Waals surface area (Å²) in [7, 11) is 0. The average Bonchev–Trinajstić information content (AvgIpc) is 2.41. The van der Waals surface area contributed by atoms with E-state index in [1.165, 1.54) is 62.6 Å². The summed E-state index contributed by atoms with van der Waals surface area (Å²) >= 11 is 0. The molecule has 1 atom stereocenters. The molecule has 0 spiro atoms. The Morgan fingerprint density at radius 3 is 2.78 bits per heavy atom. The van der Waals surface area contributed by atoms with Crippen LogP contribution in [0.15, 0.2) is 24.3 Å². The fourth-order valence-corrected chi connectivity index (χ4v) is 2.90. The van der Waals surface area contributed by atoms with Crippen molar-refractivity contribution in [1.29, 1.82) is 0 Å². The number of nitrogens with zero attached hydrogens (tertiary/aromatic N) is 1. The summed E-state index contributed by atoms with van der Waals surface area (Å²) in [6.45, 7) is 2.26. The van der Waals surface area contributed by atoms with Gasteiger partial charge in [0, 0.05) is 6.04 Å². The van der Waals surface area contributed by atoms with Crippen LogP contribution in [-0.4, -0.2) is 6.04 Å². The highest BCUT2D eigenvalue weighted by Crippen LogP contribution is 2.29. The van der Waals surface area contributed by atoms with Crippen molar-refractivity contribution in [3.63, 3.8) is 0 Å². The Morgan fingerprint density at radius 1 is 1.17 bits per heavy atom. The molecule has 2 N–H and O–H groups in total. The molecule has 0 aliphatic carbocycles. The largest absolute Gasteiger partial charge is 0.308 e. The van der Waals surface area contributed by atoms with Crippen LogP contribution in [0, 0.1) is 0 Å². The van der Waals surface area contributed by atoms with E-state index in [9.17, 15) is 0 Å². The van der Waals surface area contributed by atoms with Gasteiger partial charge in [-0.25, -0.2) is 5.84 Å². The molecule has 1 aliphatic rings. The number of benzene rings is 1. The molecular weight excluding hydrogens is 220 g/mol. The SMILES string of the molecule is CCCCCCC[C@H]1CCc2ccccc2N1N. The van der Waals surface area contributed by atoms with Crippen LogP contribution in [0.4, 0.5) is 5.69 Å². The molecule has 2 rings (SSSR count). The average molecular weight is 246 g/mol. The van der Waals surface area contributed by atoms with Gasteiger partial charge in [-0.3, -0.25) is 0 Å². The van der Waals surface area contributed by atoms with Gasteiger partial charge in [0.05, 0.1) is 5.69 Å². The second-order valence-corrected chi connectivity index (χ2v) is 5.43. The van der Waals surface area contributed by atoms with Gasteiger partial charge in [0.25, 0.3) is 0 Å². The molecule has 1 aliphatic heterocycles. The van der Waals surface area contributed by atoms with Crippen molar-refractivity contribution >= 4 is 5.69 Å². The van der Waals surface area contributed by atoms with Crippen molar-refractivity contribution < 1.29 is 0 Å². The summed E-state index contributed by atoms with van der Waals surface area (Å²) in [5.74, 6) is 6.26. The lowest BCUT2D eigenvalue weighted by Crippen LogP contribution is -2.44. The number of hydrogen-bond acceptors (Lipinski definition) is 2. The Morgan fingerprint density at radius 2 is 1.94 bits per heavy atom. The summed E-state index contributed by atoms with van der Waals surface area (Å²) in [6.07, 6.45) is 10.4. The molecule has 0 fully saturated rings. The van der Waals surface area contributed by atoms with Gasteiger partial charge in [0.2, 0.25) is 0 Å². The van der Waals surface area contributed by atoms with E-state index in [4.69, 9.17) is 5.84 Å². The van der Waals surface area contributed by atoms with Crippen molar-refractivity contribution in [2.45, 2.75) is 64.3 Å². The van der Waals surface area contributed by atoms with Crippen LogP contribution in [0.5, 0.6) is 0 Å². The quantitative estimate of drug-likeness (QED) is 0.606. The van der Waals surface area contributed by atoms with Crippen molar-refractivity contribution in [2.75, 3.05) is 5.01 Å². The minimum absolute atomic E-state index is 0.543. The normalized spacial score (nSPS) is 18.8. The molecular formula is C16H26N2. The van der Waals surface area contributed by atoms with Crippen LogP contribution in [0.1, 0.15) is 57.4 Å². The Labute approximate surface area is 111 Å². The van der Waals surface area contributed by atoms with Crippen LogP contribution < -0.4 is 10.9 Å². The molecule has 18 heavy (non-hydrogen) atoms. The zero-order valence-corrected chi connectivity index (χ0v) is 11.6. The second kappa shape index (κ2) is 6.79. The number of anilines is 1. The Kier molecular flexibility index (Phi) is 5.06. The summed E-state index contributed by atoms with van der Waals surface area (Å²) < 4.78 is 0. The van der Waals surface area contributed by atoms with Gasteiger partial charge in [-0.2, -0.15) is 0 Å². The first kappa shape index (κ1) is 13.4. The minimum atomic E-state index is 0.543. The summed E-state index contributed by atoms with van der Waals surface area (Å²) in [4.78, 5) is 0. The number of rotatable bonds is 6. The number of nitrogens with two attached hydrogens (primary N) is 1. The molecule has 0 saturated carbocycles. The van der Waals surface area contributed by atoms with E-state index in [0.29, 0.717) is 6.04 Å². The van der Waals surface area contributed by atoms with Gasteiger partial charge in [0.1, 0.15) is 0 Å². The van der Waals surface area contributed by atoms with E-state index in [0.717, 1.165) is 0 Å². The van der Waals surface area contributed by atoms with E-state index in [1.54, 1.807) is 0 Å². The van der Waals surface area contributed by atoms with Crippen LogP contribution in [-0.2, 0) is 6.42 Å². The van der Waals surface area contributed by atoms with E-state index < -0.39 is 0 Å². The van der Waals surface area contributed by atoms with E-state index in [2.05, 4.69) is 31.2 Å². The van der Waals surface area contributed by atoms with Crippen molar-refractivity contribution in [3.8, 4) is 0 Å². The molecule has 1 aromatic carbocycles. The molecule has 1 aromatic rings. The third-order valence-corrected chi connectivity index (χ3v) is 4.05. The number of fused-ring (bicyclic) bond motifs is 1. The van der Waals surface area contributed by atoms with E-state index >= 15 is 0 Å². The van der Waals surface area contributed by atoms with Crippen LogP contribution in [0.25, 0.3) is 0 Å². The smallest absolute Gasteiger partial charge is 0.0552 e. The number of hydrazine groups is 1. The van der Waals surface area contributed by atoms with Crippen LogP contribution in [0.3, 0.4) is 0 Å². The Hall–Kier alpha value is -1.02. The van der Waals surface area contributed by atoms with Gasteiger partial charge >= 0.3 is 0 Å². The molecule has 2 nitrogen and oxygen atoms in total. The maximum absolute atomic E-state index is 6.26. The van der Waals surface area contributed by atoms with Crippen molar-refractivity contribution in [1.82, 2.24) is 0 Å². The minimum Gasteiger partial charge on any atom is -0.308 e. The maximum Gasteiger partial charge on any atom is 0.0552 e.